The topological polar surface area (TPSA) is 25.8 Å². The first-order valence-corrected chi connectivity index (χ1v) is 5.66. The van der Waals surface area contributed by atoms with E-state index in [9.17, 15) is 0 Å². The molecule has 0 amide bonds. The maximum absolute atomic E-state index is 5.60. The van der Waals surface area contributed by atoms with Crippen LogP contribution in [-0.4, -0.2) is 13.8 Å². The lowest BCUT2D eigenvalue weighted by Gasteiger charge is -2.02. The smallest absolute Gasteiger partial charge is 0.209 e. The van der Waals surface area contributed by atoms with Gasteiger partial charge in [-0.25, -0.2) is 4.98 Å². The van der Waals surface area contributed by atoms with Crippen LogP contribution in [-0.2, 0) is 0 Å². The molecule has 2 rings (SSSR count). The van der Waals surface area contributed by atoms with Gasteiger partial charge in [-0.05, 0) is 24.3 Å². The number of fused-ring (bicyclic) bond motifs is 1. The first-order valence-electron chi connectivity index (χ1n) is 4.52. The van der Waals surface area contributed by atoms with Crippen LogP contribution in [0.1, 0.15) is 5.69 Å². The van der Waals surface area contributed by atoms with Gasteiger partial charge < -0.3 is 0 Å². The maximum Gasteiger partial charge on any atom is 0.209 e. The number of para-hydroxylation sites is 2. The fourth-order valence-corrected chi connectivity index (χ4v) is 1.42. The van der Waals surface area contributed by atoms with E-state index >= 15 is 0 Å². The molecule has 82 valence electrons. The highest BCUT2D eigenvalue weighted by atomic mass is 35.6. The van der Waals surface area contributed by atoms with Crippen LogP contribution in [0.3, 0.4) is 0 Å². The molecular weight excluding hydrogens is 266 g/mol. The summed E-state index contributed by atoms with van der Waals surface area (Å²) in [6.45, 7) is 0. The first kappa shape index (κ1) is 11.6. The number of rotatable bonds is 1. The molecule has 1 aromatic carbocycles. The van der Waals surface area contributed by atoms with Crippen LogP contribution in [0.2, 0.25) is 0 Å². The molecule has 0 aliphatic heterocycles. The zero-order chi connectivity index (χ0) is 11.6. The molecule has 0 aliphatic rings. The van der Waals surface area contributed by atoms with Crippen LogP contribution >= 0.6 is 34.8 Å². The Hall–Kier alpha value is -0.830. The molecule has 2 nitrogen and oxygen atoms in total. The molecule has 1 heterocycles. The van der Waals surface area contributed by atoms with E-state index in [0.717, 1.165) is 11.0 Å². The zero-order valence-corrected chi connectivity index (χ0v) is 10.3. The number of benzene rings is 1. The summed E-state index contributed by atoms with van der Waals surface area (Å²) in [5.41, 5.74) is 2.31. The minimum Gasteiger partial charge on any atom is -0.252 e. The lowest BCUT2D eigenvalue weighted by Crippen LogP contribution is -1.94. The van der Waals surface area contributed by atoms with Gasteiger partial charge in [0.25, 0.3) is 0 Å². The highest BCUT2D eigenvalue weighted by Crippen LogP contribution is 2.28. The zero-order valence-electron chi connectivity index (χ0n) is 8.07. The maximum atomic E-state index is 5.60. The molecule has 0 saturated carbocycles. The number of halogens is 3. The summed E-state index contributed by atoms with van der Waals surface area (Å²) in [4.78, 5) is 8.59. The number of aromatic nitrogens is 2. The van der Waals surface area contributed by atoms with E-state index in [1.165, 1.54) is 6.08 Å². The highest BCUT2D eigenvalue weighted by molar-refractivity contribution is 6.69. The lowest BCUT2D eigenvalue weighted by molar-refractivity contribution is 1.26. The molecule has 16 heavy (non-hydrogen) atoms. The monoisotopic (exact) mass is 272 g/mol. The van der Waals surface area contributed by atoms with Gasteiger partial charge in [-0.3, -0.25) is 4.98 Å². The fourth-order valence-electron chi connectivity index (χ4n) is 1.23. The van der Waals surface area contributed by atoms with E-state index in [2.05, 4.69) is 9.97 Å². The fraction of sp³-hybridized carbons (Fsp3) is 0.0909. The second-order valence-electron chi connectivity index (χ2n) is 3.16. The van der Waals surface area contributed by atoms with Gasteiger partial charge in [0.1, 0.15) is 0 Å². The van der Waals surface area contributed by atoms with Crippen molar-refractivity contribution < 1.29 is 0 Å². The minimum absolute atomic E-state index is 0.657. The van der Waals surface area contributed by atoms with Crippen molar-refractivity contribution in [2.45, 2.75) is 3.79 Å². The molecular formula is C11H7Cl3N2. The summed E-state index contributed by atoms with van der Waals surface area (Å²) in [5.74, 6) is 0. The van der Waals surface area contributed by atoms with Crippen molar-refractivity contribution in [3.63, 3.8) is 0 Å². The Labute approximate surface area is 108 Å². The Morgan fingerprint density at radius 1 is 1.06 bits per heavy atom. The molecule has 2 aromatic rings. The van der Waals surface area contributed by atoms with Crippen molar-refractivity contribution in [1.29, 1.82) is 0 Å². The number of alkyl halides is 3. The van der Waals surface area contributed by atoms with Gasteiger partial charge in [-0.2, -0.15) is 0 Å². The third kappa shape index (κ3) is 3.08. The number of nitrogens with zero attached hydrogens (tertiary/aromatic N) is 2. The molecule has 5 heteroatoms. The molecule has 0 unspecified atom stereocenters. The van der Waals surface area contributed by atoms with E-state index in [0.29, 0.717) is 5.69 Å². The van der Waals surface area contributed by atoms with Gasteiger partial charge in [0.15, 0.2) is 0 Å². The van der Waals surface area contributed by atoms with Crippen molar-refractivity contribution in [3.8, 4) is 0 Å². The van der Waals surface area contributed by atoms with E-state index in [4.69, 9.17) is 34.8 Å². The molecule has 0 saturated heterocycles. The molecule has 0 radical (unpaired) electrons. The summed E-state index contributed by atoms with van der Waals surface area (Å²) in [7, 11) is 0. The molecule has 0 aliphatic carbocycles. The van der Waals surface area contributed by atoms with Crippen LogP contribution in [0, 0.1) is 0 Å². The second kappa shape index (κ2) is 4.58. The Morgan fingerprint density at radius 3 is 2.44 bits per heavy atom. The third-order valence-corrected chi connectivity index (χ3v) is 2.29. The summed E-state index contributed by atoms with van der Waals surface area (Å²) in [5, 5.41) is 0. The van der Waals surface area contributed by atoms with Gasteiger partial charge in [-0.15, -0.1) is 0 Å². The van der Waals surface area contributed by atoms with Crippen LogP contribution in [0.15, 0.2) is 36.5 Å². The number of allylic oxidation sites excluding steroid dienone is 1. The van der Waals surface area contributed by atoms with Crippen molar-refractivity contribution in [1.82, 2.24) is 9.97 Å². The summed E-state index contributed by atoms with van der Waals surface area (Å²) >= 11 is 16.8. The average Bonchev–Trinajstić information content (AvgIpc) is 2.25. The molecule has 0 atom stereocenters. The van der Waals surface area contributed by atoms with Crippen LogP contribution in [0.4, 0.5) is 0 Å². The normalized spacial score (nSPS) is 12.4. The number of hydrogen-bond donors (Lipinski definition) is 0. The molecule has 0 bridgehead atoms. The Kier molecular flexibility index (Phi) is 3.33. The summed E-state index contributed by atoms with van der Waals surface area (Å²) in [6.07, 6.45) is 4.71. The van der Waals surface area contributed by atoms with Gasteiger partial charge in [0.2, 0.25) is 3.79 Å². The van der Waals surface area contributed by atoms with E-state index in [1.54, 1.807) is 12.3 Å². The standard InChI is InChI=1S/C11H7Cl3N2/c12-11(13,14)6-5-8-7-15-9-3-1-2-4-10(9)16-8/h1-7H/b6-5+. The van der Waals surface area contributed by atoms with E-state index in [-0.39, 0.29) is 0 Å². The van der Waals surface area contributed by atoms with E-state index in [1.807, 2.05) is 24.3 Å². The molecule has 1 aromatic heterocycles. The van der Waals surface area contributed by atoms with Crippen molar-refractivity contribution >= 4 is 51.9 Å². The Bertz CT molecular complexity index is 532. The van der Waals surface area contributed by atoms with Gasteiger partial charge in [0, 0.05) is 0 Å². The first-order chi connectivity index (χ1) is 7.54. The van der Waals surface area contributed by atoms with Crippen LogP contribution < -0.4 is 0 Å². The minimum atomic E-state index is -1.41. The van der Waals surface area contributed by atoms with Crippen LogP contribution in [0.25, 0.3) is 17.1 Å². The van der Waals surface area contributed by atoms with Gasteiger partial charge in [-0.1, -0.05) is 46.9 Å². The summed E-state index contributed by atoms with van der Waals surface area (Å²) < 4.78 is -1.41. The van der Waals surface area contributed by atoms with Crippen molar-refractivity contribution in [3.05, 3.63) is 42.2 Å². The Balaban J connectivity index is 2.37. The van der Waals surface area contributed by atoms with Crippen LogP contribution in [0.5, 0.6) is 0 Å². The van der Waals surface area contributed by atoms with E-state index < -0.39 is 3.79 Å². The lowest BCUT2D eigenvalue weighted by atomic mass is 10.3. The predicted molar refractivity (Wildman–Crippen MR) is 68.9 cm³/mol. The second-order valence-corrected chi connectivity index (χ2v) is 5.53. The highest BCUT2D eigenvalue weighted by Gasteiger charge is 2.13. The van der Waals surface area contributed by atoms with Gasteiger partial charge in [0.05, 0.1) is 22.9 Å². The quantitative estimate of drug-likeness (QED) is 0.734. The predicted octanol–water partition coefficient (Wildman–Crippen LogP) is 4.01. The number of hydrogen-bond acceptors (Lipinski definition) is 2. The largest absolute Gasteiger partial charge is 0.252 e. The van der Waals surface area contributed by atoms with Crippen molar-refractivity contribution in [2.24, 2.45) is 0 Å². The molecule has 0 fully saturated rings. The summed E-state index contributed by atoms with van der Waals surface area (Å²) in [6, 6.07) is 7.59. The van der Waals surface area contributed by atoms with Crippen molar-refractivity contribution in [2.75, 3.05) is 0 Å². The molecule has 0 N–H and O–H groups in total. The SMILES string of the molecule is ClC(Cl)(Cl)/C=C/c1cnc2ccccc2n1. The Morgan fingerprint density at radius 2 is 1.75 bits per heavy atom. The molecule has 0 spiro atoms. The third-order valence-electron chi connectivity index (χ3n) is 1.91. The van der Waals surface area contributed by atoms with Gasteiger partial charge >= 0.3 is 0 Å². The average molecular weight is 274 g/mol.